The minimum absolute atomic E-state index is 0.0668. The van der Waals surface area contributed by atoms with Gasteiger partial charge in [0.2, 0.25) is 10.0 Å². The lowest BCUT2D eigenvalue weighted by Gasteiger charge is -2.22. The number of pyridine rings is 1. The van der Waals surface area contributed by atoms with Crippen LogP contribution in [0, 0.1) is 6.92 Å². The summed E-state index contributed by atoms with van der Waals surface area (Å²) in [5.41, 5.74) is 2.81. The van der Waals surface area contributed by atoms with E-state index in [9.17, 15) is 13.2 Å². The number of aromatic amines is 1. The Balaban J connectivity index is 1.71. The third-order valence-electron chi connectivity index (χ3n) is 5.90. The molecule has 0 atom stereocenters. The summed E-state index contributed by atoms with van der Waals surface area (Å²) in [6.45, 7) is 2.15. The maximum atomic E-state index is 13.7. The first kappa shape index (κ1) is 24.5. The van der Waals surface area contributed by atoms with Crippen molar-refractivity contribution in [2.24, 2.45) is 0 Å². The number of hydrogen-bond donors (Lipinski definition) is 1. The van der Waals surface area contributed by atoms with Gasteiger partial charge in [-0.1, -0.05) is 29.8 Å². The molecule has 0 amide bonds. The number of aryl methyl sites for hydroxylation is 1. The van der Waals surface area contributed by atoms with E-state index in [1.807, 2.05) is 37.3 Å². The highest BCUT2D eigenvalue weighted by Crippen LogP contribution is 2.23. The van der Waals surface area contributed by atoms with Crippen molar-refractivity contribution in [1.29, 1.82) is 0 Å². The monoisotopic (exact) mass is 492 g/mol. The van der Waals surface area contributed by atoms with Gasteiger partial charge in [-0.05, 0) is 67.4 Å². The molecule has 0 saturated carbocycles. The molecule has 1 heterocycles. The normalized spacial score (nSPS) is 11.7. The lowest BCUT2D eigenvalue weighted by atomic mass is 10.1. The first-order chi connectivity index (χ1) is 16.8. The van der Waals surface area contributed by atoms with Gasteiger partial charge in [-0.15, -0.1) is 0 Å². The van der Waals surface area contributed by atoms with Crippen LogP contribution >= 0.6 is 0 Å². The summed E-state index contributed by atoms with van der Waals surface area (Å²) in [5, 5.41) is 0.763. The average molecular weight is 493 g/mol. The predicted molar refractivity (Wildman–Crippen MR) is 137 cm³/mol. The molecule has 1 aromatic heterocycles. The van der Waals surface area contributed by atoms with Gasteiger partial charge in [-0.25, -0.2) is 8.42 Å². The van der Waals surface area contributed by atoms with E-state index in [-0.39, 0.29) is 23.5 Å². The molecule has 0 spiro atoms. The van der Waals surface area contributed by atoms with Crippen LogP contribution in [0.4, 0.5) is 0 Å². The van der Waals surface area contributed by atoms with E-state index in [0.29, 0.717) is 29.0 Å². The SMILES string of the molecule is COc1ccc(S(=O)(=O)N(CCc2cccc(C)c2)Cc2cc3cc(OC)ccc3[nH]c2=O)cc1. The average Bonchev–Trinajstić information content (AvgIpc) is 2.86. The Kier molecular flexibility index (Phi) is 7.23. The number of rotatable bonds is 9. The van der Waals surface area contributed by atoms with Gasteiger partial charge in [0, 0.05) is 29.6 Å². The van der Waals surface area contributed by atoms with E-state index in [0.717, 1.165) is 16.5 Å². The van der Waals surface area contributed by atoms with Crippen LogP contribution < -0.4 is 15.0 Å². The van der Waals surface area contributed by atoms with Crippen LogP contribution in [0.25, 0.3) is 10.9 Å². The van der Waals surface area contributed by atoms with Gasteiger partial charge in [-0.3, -0.25) is 4.79 Å². The Morgan fingerprint density at radius 2 is 1.60 bits per heavy atom. The van der Waals surface area contributed by atoms with Crippen LogP contribution in [-0.2, 0) is 23.0 Å². The summed E-state index contributed by atoms with van der Waals surface area (Å²) in [7, 11) is -0.789. The highest BCUT2D eigenvalue weighted by atomic mass is 32.2. The molecule has 0 aliphatic heterocycles. The third-order valence-corrected chi connectivity index (χ3v) is 7.76. The number of sulfonamides is 1. The van der Waals surface area contributed by atoms with Crippen molar-refractivity contribution in [1.82, 2.24) is 9.29 Å². The molecular formula is C27H28N2O5S. The second-order valence-electron chi connectivity index (χ2n) is 8.33. The fraction of sp³-hybridized carbons (Fsp3) is 0.222. The molecule has 7 nitrogen and oxygen atoms in total. The van der Waals surface area contributed by atoms with Crippen LogP contribution in [0.5, 0.6) is 11.5 Å². The van der Waals surface area contributed by atoms with Crippen molar-refractivity contribution in [3.63, 3.8) is 0 Å². The molecule has 3 aromatic carbocycles. The molecule has 182 valence electrons. The highest BCUT2D eigenvalue weighted by molar-refractivity contribution is 7.89. The molecular weight excluding hydrogens is 464 g/mol. The maximum absolute atomic E-state index is 13.7. The van der Waals surface area contributed by atoms with E-state index in [1.165, 1.54) is 23.5 Å². The Bertz CT molecular complexity index is 1490. The minimum Gasteiger partial charge on any atom is -0.497 e. The molecule has 8 heteroatoms. The number of nitrogens with one attached hydrogen (secondary N) is 1. The molecule has 0 unspecified atom stereocenters. The van der Waals surface area contributed by atoms with Gasteiger partial charge < -0.3 is 14.5 Å². The van der Waals surface area contributed by atoms with E-state index in [2.05, 4.69) is 4.98 Å². The van der Waals surface area contributed by atoms with Crippen molar-refractivity contribution in [3.8, 4) is 11.5 Å². The number of nitrogens with zero attached hydrogens (tertiary/aromatic N) is 1. The summed E-state index contributed by atoms with van der Waals surface area (Å²) in [6.07, 6.45) is 0.510. The predicted octanol–water partition coefficient (Wildman–Crippen LogP) is 4.29. The summed E-state index contributed by atoms with van der Waals surface area (Å²) >= 11 is 0. The van der Waals surface area contributed by atoms with E-state index in [1.54, 1.807) is 37.4 Å². The molecule has 0 aliphatic carbocycles. The quantitative estimate of drug-likeness (QED) is 0.377. The zero-order valence-corrected chi connectivity index (χ0v) is 20.8. The minimum atomic E-state index is -3.89. The van der Waals surface area contributed by atoms with Gasteiger partial charge in [0.25, 0.3) is 5.56 Å². The second kappa shape index (κ2) is 10.3. The topological polar surface area (TPSA) is 88.7 Å². The highest BCUT2D eigenvalue weighted by Gasteiger charge is 2.26. The molecule has 35 heavy (non-hydrogen) atoms. The van der Waals surface area contributed by atoms with Crippen molar-refractivity contribution < 1.29 is 17.9 Å². The number of H-pyrrole nitrogens is 1. The summed E-state index contributed by atoms with van der Waals surface area (Å²) < 4.78 is 39.1. The van der Waals surface area contributed by atoms with Crippen molar-refractivity contribution in [2.75, 3.05) is 20.8 Å². The Morgan fingerprint density at radius 1 is 0.886 bits per heavy atom. The molecule has 0 bridgehead atoms. The number of methoxy groups -OCH3 is 2. The number of fused-ring (bicyclic) bond motifs is 1. The first-order valence-corrected chi connectivity index (χ1v) is 12.6. The largest absolute Gasteiger partial charge is 0.497 e. The van der Waals surface area contributed by atoms with E-state index >= 15 is 0 Å². The van der Waals surface area contributed by atoms with Gasteiger partial charge in [0.05, 0.1) is 19.1 Å². The number of ether oxygens (including phenoxy) is 2. The Labute approximate surface area is 205 Å². The molecule has 4 aromatic rings. The number of hydrogen-bond acceptors (Lipinski definition) is 5. The standard InChI is InChI=1S/C27H28N2O5S/c1-19-5-4-6-20(15-19)13-14-29(35(31,32)25-10-7-23(33-2)8-11-25)18-22-16-21-17-24(34-3)9-12-26(21)28-27(22)30/h4-12,15-17H,13-14,18H2,1-3H3,(H,28,30). The van der Waals surface area contributed by atoms with Gasteiger partial charge in [-0.2, -0.15) is 4.31 Å². The number of aromatic nitrogens is 1. The first-order valence-electron chi connectivity index (χ1n) is 11.2. The molecule has 4 rings (SSSR count). The lowest BCUT2D eigenvalue weighted by molar-refractivity contribution is 0.406. The number of benzene rings is 3. The molecule has 0 saturated heterocycles. The van der Waals surface area contributed by atoms with Crippen molar-refractivity contribution in [3.05, 3.63) is 99.8 Å². The summed E-state index contributed by atoms with van der Waals surface area (Å²) in [5.74, 6) is 1.22. The van der Waals surface area contributed by atoms with Crippen LogP contribution in [0.2, 0.25) is 0 Å². The van der Waals surface area contributed by atoms with Crippen LogP contribution in [-0.4, -0.2) is 38.5 Å². The van der Waals surface area contributed by atoms with Gasteiger partial charge >= 0.3 is 0 Å². The smallest absolute Gasteiger partial charge is 0.252 e. The molecule has 0 fully saturated rings. The van der Waals surface area contributed by atoms with Crippen molar-refractivity contribution >= 4 is 20.9 Å². The lowest BCUT2D eigenvalue weighted by Crippen LogP contribution is -2.34. The fourth-order valence-corrected chi connectivity index (χ4v) is 5.39. The Hall–Kier alpha value is -3.62. The van der Waals surface area contributed by atoms with E-state index in [4.69, 9.17) is 9.47 Å². The van der Waals surface area contributed by atoms with Crippen molar-refractivity contribution in [2.45, 2.75) is 24.8 Å². The summed E-state index contributed by atoms with van der Waals surface area (Å²) in [6, 6.07) is 21.3. The van der Waals surface area contributed by atoms with Crippen LogP contribution in [0.15, 0.2) is 82.5 Å². The molecule has 1 N–H and O–H groups in total. The fourth-order valence-electron chi connectivity index (χ4n) is 3.97. The zero-order chi connectivity index (χ0) is 25.0. The van der Waals surface area contributed by atoms with Gasteiger partial charge in [0.15, 0.2) is 0 Å². The summed E-state index contributed by atoms with van der Waals surface area (Å²) in [4.78, 5) is 15.9. The van der Waals surface area contributed by atoms with E-state index < -0.39 is 10.0 Å². The van der Waals surface area contributed by atoms with Crippen LogP contribution in [0.1, 0.15) is 16.7 Å². The maximum Gasteiger partial charge on any atom is 0.252 e. The molecule has 0 radical (unpaired) electrons. The zero-order valence-electron chi connectivity index (χ0n) is 19.9. The molecule has 0 aliphatic rings. The van der Waals surface area contributed by atoms with Gasteiger partial charge in [0.1, 0.15) is 11.5 Å². The third kappa shape index (κ3) is 5.55. The Morgan fingerprint density at radius 3 is 2.29 bits per heavy atom. The second-order valence-corrected chi connectivity index (χ2v) is 10.3. The van der Waals surface area contributed by atoms with Crippen LogP contribution in [0.3, 0.4) is 0 Å².